The summed E-state index contributed by atoms with van der Waals surface area (Å²) in [5.41, 5.74) is 1.17. The largest absolute Gasteiger partial charge is 0.439 e. The van der Waals surface area contributed by atoms with Crippen molar-refractivity contribution < 1.29 is 9.53 Å². The van der Waals surface area contributed by atoms with Crippen molar-refractivity contribution in [3.63, 3.8) is 0 Å². The van der Waals surface area contributed by atoms with Gasteiger partial charge in [0.15, 0.2) is 6.29 Å². The molecule has 3 rings (SSSR count). The second kappa shape index (κ2) is 4.29. The van der Waals surface area contributed by atoms with Gasteiger partial charge in [-0.1, -0.05) is 6.07 Å². The average Bonchev–Trinajstić information content (AvgIpc) is 2.82. The third-order valence-electron chi connectivity index (χ3n) is 2.53. The normalized spacial score (nSPS) is 10.4. The molecular weight excluding hydrogens is 230 g/mol. The monoisotopic (exact) mass is 239 g/mol. The molecule has 0 saturated carbocycles. The molecule has 0 radical (unpaired) electrons. The molecule has 0 fully saturated rings. The first-order valence-corrected chi connectivity index (χ1v) is 5.39. The number of aromatic nitrogens is 3. The number of rotatable bonds is 3. The Morgan fingerprint density at radius 2 is 2.17 bits per heavy atom. The van der Waals surface area contributed by atoms with E-state index in [-0.39, 0.29) is 0 Å². The first kappa shape index (κ1) is 10.5. The fourth-order valence-corrected chi connectivity index (χ4v) is 1.69. The maximum Gasteiger partial charge on any atom is 0.219 e. The zero-order valence-corrected chi connectivity index (χ0v) is 9.33. The highest BCUT2D eigenvalue weighted by atomic mass is 16.5. The van der Waals surface area contributed by atoms with Gasteiger partial charge in [0, 0.05) is 17.6 Å². The Bertz CT molecular complexity index is 692. The Kier molecular flexibility index (Phi) is 2.49. The van der Waals surface area contributed by atoms with Crippen molar-refractivity contribution in [3.05, 3.63) is 48.3 Å². The molecule has 3 aromatic rings. The number of pyridine rings is 1. The van der Waals surface area contributed by atoms with E-state index in [1.807, 2.05) is 12.1 Å². The molecule has 0 unspecified atom stereocenters. The molecule has 5 nitrogen and oxygen atoms in total. The molecule has 2 aromatic heterocycles. The summed E-state index contributed by atoms with van der Waals surface area (Å²) in [6.45, 7) is 0. The molecule has 0 saturated heterocycles. The number of ether oxygens (including phenoxy) is 1. The number of hydrogen-bond donors (Lipinski definition) is 1. The summed E-state index contributed by atoms with van der Waals surface area (Å²) in [6.07, 6.45) is 2.39. The molecule has 1 N–H and O–H groups in total. The van der Waals surface area contributed by atoms with Crippen molar-refractivity contribution in [2.75, 3.05) is 0 Å². The van der Waals surface area contributed by atoms with E-state index in [0.29, 0.717) is 17.3 Å². The number of nitrogens with zero attached hydrogens (tertiary/aromatic N) is 2. The fourth-order valence-electron chi connectivity index (χ4n) is 1.69. The lowest BCUT2D eigenvalue weighted by atomic mass is 10.2. The Morgan fingerprint density at radius 3 is 2.94 bits per heavy atom. The van der Waals surface area contributed by atoms with Crippen LogP contribution < -0.4 is 4.74 Å². The number of carbonyl (C=O) groups is 1. The van der Waals surface area contributed by atoms with Crippen molar-refractivity contribution in [3.8, 4) is 11.6 Å². The summed E-state index contributed by atoms with van der Waals surface area (Å²) in [5.74, 6) is 1.12. The number of aromatic amines is 1. The van der Waals surface area contributed by atoms with Gasteiger partial charge in [0.05, 0.1) is 5.52 Å². The molecule has 0 spiro atoms. The molecule has 5 heteroatoms. The standard InChI is InChI=1S/C13H9N3O2/c17-8-12-10-7-9(4-5-11(10)15-16-12)18-13-3-1-2-6-14-13/h1-8H,(H,15,16). The van der Waals surface area contributed by atoms with Gasteiger partial charge in [-0.3, -0.25) is 9.89 Å². The van der Waals surface area contributed by atoms with Crippen LogP contribution >= 0.6 is 0 Å². The number of benzene rings is 1. The predicted octanol–water partition coefficient (Wildman–Crippen LogP) is 2.56. The quantitative estimate of drug-likeness (QED) is 0.713. The maximum absolute atomic E-state index is 10.8. The Hall–Kier alpha value is -2.69. The molecule has 0 atom stereocenters. The zero-order chi connectivity index (χ0) is 12.4. The molecule has 0 aliphatic heterocycles. The van der Waals surface area contributed by atoms with Gasteiger partial charge in [-0.15, -0.1) is 0 Å². The first-order chi connectivity index (χ1) is 8.86. The molecule has 88 valence electrons. The van der Waals surface area contributed by atoms with Gasteiger partial charge in [-0.25, -0.2) is 4.98 Å². The molecule has 2 heterocycles. The number of H-pyrrole nitrogens is 1. The zero-order valence-electron chi connectivity index (χ0n) is 9.33. The summed E-state index contributed by atoms with van der Waals surface area (Å²) >= 11 is 0. The highest BCUT2D eigenvalue weighted by Crippen LogP contribution is 2.24. The second-order valence-corrected chi connectivity index (χ2v) is 3.70. The Balaban J connectivity index is 2.00. The van der Waals surface area contributed by atoms with Gasteiger partial charge in [-0.05, 0) is 24.3 Å². The Morgan fingerprint density at radius 1 is 1.22 bits per heavy atom. The van der Waals surface area contributed by atoms with Crippen LogP contribution in [0.4, 0.5) is 0 Å². The van der Waals surface area contributed by atoms with Crippen LogP contribution in [-0.2, 0) is 0 Å². The highest BCUT2D eigenvalue weighted by Gasteiger charge is 2.06. The van der Waals surface area contributed by atoms with Crippen molar-refractivity contribution in [2.45, 2.75) is 0 Å². The molecular formula is C13H9N3O2. The first-order valence-electron chi connectivity index (χ1n) is 5.39. The number of fused-ring (bicyclic) bond motifs is 1. The summed E-state index contributed by atoms with van der Waals surface area (Å²) in [6, 6.07) is 10.8. The van der Waals surface area contributed by atoms with Crippen LogP contribution in [0.15, 0.2) is 42.6 Å². The SMILES string of the molecule is O=Cc1[nH]nc2ccc(Oc3ccccn3)cc12. The van der Waals surface area contributed by atoms with Gasteiger partial charge in [-0.2, -0.15) is 5.10 Å². The van der Waals surface area contributed by atoms with E-state index in [9.17, 15) is 4.79 Å². The van der Waals surface area contributed by atoms with Crippen molar-refractivity contribution in [2.24, 2.45) is 0 Å². The van der Waals surface area contributed by atoms with Crippen LogP contribution in [0.5, 0.6) is 11.6 Å². The van der Waals surface area contributed by atoms with Gasteiger partial charge >= 0.3 is 0 Å². The van der Waals surface area contributed by atoms with E-state index < -0.39 is 0 Å². The lowest BCUT2D eigenvalue weighted by Gasteiger charge is -2.03. The van der Waals surface area contributed by atoms with E-state index >= 15 is 0 Å². The van der Waals surface area contributed by atoms with Crippen molar-refractivity contribution in [1.29, 1.82) is 0 Å². The van der Waals surface area contributed by atoms with E-state index in [1.165, 1.54) is 0 Å². The van der Waals surface area contributed by atoms with Gasteiger partial charge in [0.1, 0.15) is 11.4 Å². The molecule has 1 aromatic carbocycles. The third kappa shape index (κ3) is 1.82. The van der Waals surface area contributed by atoms with Crippen LogP contribution in [0.1, 0.15) is 10.5 Å². The highest BCUT2D eigenvalue weighted by molar-refractivity contribution is 5.95. The van der Waals surface area contributed by atoms with Crippen LogP contribution in [0.25, 0.3) is 10.9 Å². The summed E-state index contributed by atoms with van der Waals surface area (Å²) in [5, 5.41) is 7.41. The number of hydrogen-bond acceptors (Lipinski definition) is 4. The predicted molar refractivity (Wildman–Crippen MR) is 65.8 cm³/mol. The lowest BCUT2D eigenvalue weighted by molar-refractivity contribution is 0.112. The van der Waals surface area contributed by atoms with Gasteiger partial charge in [0.2, 0.25) is 5.88 Å². The minimum Gasteiger partial charge on any atom is -0.439 e. The molecule has 0 aliphatic carbocycles. The van der Waals surface area contributed by atoms with E-state index in [0.717, 1.165) is 17.2 Å². The summed E-state index contributed by atoms with van der Waals surface area (Å²) in [7, 11) is 0. The molecule has 0 amide bonds. The number of nitrogens with one attached hydrogen (secondary N) is 1. The number of carbonyl (C=O) groups excluding carboxylic acids is 1. The minimum absolute atomic E-state index is 0.441. The summed E-state index contributed by atoms with van der Waals surface area (Å²) in [4.78, 5) is 14.9. The molecule has 18 heavy (non-hydrogen) atoms. The maximum atomic E-state index is 10.8. The van der Waals surface area contributed by atoms with Crippen LogP contribution in [0, 0.1) is 0 Å². The van der Waals surface area contributed by atoms with Gasteiger partial charge in [0.25, 0.3) is 0 Å². The van der Waals surface area contributed by atoms with E-state index in [2.05, 4.69) is 15.2 Å². The topological polar surface area (TPSA) is 67.9 Å². The Labute approximate surface area is 102 Å². The van der Waals surface area contributed by atoms with Crippen LogP contribution in [0.2, 0.25) is 0 Å². The third-order valence-corrected chi connectivity index (χ3v) is 2.53. The summed E-state index contributed by atoms with van der Waals surface area (Å²) < 4.78 is 5.59. The van der Waals surface area contributed by atoms with Crippen LogP contribution in [-0.4, -0.2) is 21.5 Å². The van der Waals surface area contributed by atoms with Gasteiger partial charge < -0.3 is 4.74 Å². The van der Waals surface area contributed by atoms with Crippen molar-refractivity contribution >= 4 is 17.2 Å². The lowest BCUT2D eigenvalue weighted by Crippen LogP contribution is -1.87. The molecule has 0 aliphatic rings. The van der Waals surface area contributed by atoms with Crippen molar-refractivity contribution in [1.82, 2.24) is 15.2 Å². The molecule has 0 bridgehead atoms. The number of aldehydes is 1. The van der Waals surface area contributed by atoms with E-state index in [1.54, 1.807) is 30.5 Å². The average molecular weight is 239 g/mol. The fraction of sp³-hybridized carbons (Fsp3) is 0. The van der Waals surface area contributed by atoms with Crippen LogP contribution in [0.3, 0.4) is 0 Å². The smallest absolute Gasteiger partial charge is 0.219 e. The minimum atomic E-state index is 0.441. The second-order valence-electron chi connectivity index (χ2n) is 3.70. The van der Waals surface area contributed by atoms with E-state index in [4.69, 9.17) is 4.74 Å².